The lowest BCUT2D eigenvalue weighted by atomic mass is 9.90. The third-order valence-corrected chi connectivity index (χ3v) is 25.8. The van der Waals surface area contributed by atoms with Crippen LogP contribution in [0.3, 0.4) is 0 Å². The zero-order chi connectivity index (χ0) is 99.7. The van der Waals surface area contributed by atoms with Crippen molar-refractivity contribution in [2.75, 3.05) is 120 Å². The first-order valence-electron chi connectivity index (χ1n) is 44.8. The molecule has 3 heterocycles. The molecule has 0 aliphatic rings. The molecule has 0 radical (unpaired) electrons. The minimum atomic E-state index is -3.81. The highest BCUT2D eigenvalue weighted by atomic mass is 32.2. The number of unbranched alkanes of at least 4 members (excludes halogenated alkanes) is 2. The van der Waals surface area contributed by atoms with Gasteiger partial charge in [-0.05, 0) is 236 Å². The predicted molar refractivity (Wildman–Crippen MR) is 553 cm³/mol. The Morgan fingerprint density at radius 1 is 0.364 bits per heavy atom. The SMILES string of the molecule is CN(C)c1cccc2c(S(=O)(=O)CCCCCOC(C)(C)C)cccc12.CN(C)c1cccc2c(S(=O)(=O)NCCC(C)(C)C)cccc12.CN(C)c1cccc2c(S(=O)(=O)NCCOC(C)(C)C)cccc12.CN(C)c1cccc2c(S(=O)(=O)OC(C)(C)C)cccc12.Cc1cc(N)nc(CC(C)(C)C)c1.Cc1cc(OC(C)(C)C)nc(N)n1.Cc1ccnc(CC(C)(C)C)c1. The average molecular weight is 1890 g/mol. The molecular formula is C104H154N12O12S4. The van der Waals surface area contributed by atoms with E-state index in [-0.39, 0.29) is 50.8 Å². The van der Waals surface area contributed by atoms with E-state index in [0.29, 0.717) is 68.8 Å². The third-order valence-electron chi connectivity index (χ3n) is 19.3. The lowest BCUT2D eigenvalue weighted by Gasteiger charge is -2.20. The number of benzene rings is 8. The monoisotopic (exact) mass is 1890 g/mol. The van der Waals surface area contributed by atoms with Crippen molar-refractivity contribution in [3.8, 4) is 5.88 Å². The number of pyridine rings is 2. The normalized spacial score (nSPS) is 12.3. The van der Waals surface area contributed by atoms with E-state index in [2.05, 4.69) is 111 Å². The van der Waals surface area contributed by atoms with Crippen LogP contribution in [0.5, 0.6) is 5.88 Å². The van der Waals surface area contributed by atoms with Crippen LogP contribution in [0.2, 0.25) is 0 Å². The van der Waals surface area contributed by atoms with Crippen LogP contribution in [0.1, 0.15) is 199 Å². The first-order chi connectivity index (χ1) is 60.7. The van der Waals surface area contributed by atoms with Crippen LogP contribution in [0.15, 0.2) is 202 Å². The number of anilines is 6. The molecule has 3 aromatic heterocycles. The zero-order valence-electron chi connectivity index (χ0n) is 84.9. The van der Waals surface area contributed by atoms with Gasteiger partial charge in [0, 0.05) is 171 Å². The molecule has 24 nitrogen and oxygen atoms in total. The van der Waals surface area contributed by atoms with Gasteiger partial charge in [-0.2, -0.15) is 13.4 Å². The highest BCUT2D eigenvalue weighted by Crippen LogP contribution is 2.37. The standard InChI is InChI=1S/C21H31NO3S.C18H26N2O3S.C18H26N2O2S.C16H21NO3S.C11H18N2.C11H17N.C9H15N3O/c1-21(2,3)25-15-7-6-8-16-26(23,24)20-14-10-11-17-18(20)12-9-13-19(17)22(4)5;1-18(2,3)23-13-12-19-24(21,22)17-11-7-8-14-15(17)9-6-10-16(14)20(4)5;1-18(2,3)12-13-19-23(21,22)17-11-7-8-14-15(17)9-6-10-16(14)20(4)5;1-16(2,3)20-21(18,19)15-11-7-8-12-13(15)9-6-10-14(12)17(4)5;1-8-5-9(7-11(2,3)4)13-10(12)6-8;1-9-5-6-12-10(7-9)8-11(2,3)4;1-6-5-7(12-8(10)11-6)13-9(2,3)4/h9-14H,6-8,15-16H2,1-5H3;6-11,19H,12-13H2,1-5H3;6-11,19H,12-13H2,1-5H3;6-11H,1-5H3;5-6H,7H2,1-4H3,(H2,12,13);5-7H,8H2,1-4H3;5H,1-4H3,(H2,10,11,12). The van der Waals surface area contributed by atoms with Crippen molar-refractivity contribution >= 4 is 118 Å². The van der Waals surface area contributed by atoms with Gasteiger partial charge in [0.1, 0.15) is 16.3 Å². The van der Waals surface area contributed by atoms with Crippen molar-refractivity contribution in [3.05, 3.63) is 210 Å². The van der Waals surface area contributed by atoms with Crippen LogP contribution >= 0.6 is 0 Å². The summed E-state index contributed by atoms with van der Waals surface area (Å²) in [7, 11) is 1.37. The van der Waals surface area contributed by atoms with E-state index in [9.17, 15) is 33.7 Å². The molecule has 0 fully saturated rings. The number of nitrogen functional groups attached to an aromatic ring is 2. The van der Waals surface area contributed by atoms with Gasteiger partial charge in [0.15, 0.2) is 9.84 Å². The maximum atomic E-state index is 12.9. The number of sulfonamides is 2. The van der Waals surface area contributed by atoms with E-state index < -0.39 is 45.6 Å². The lowest BCUT2D eigenvalue weighted by Crippen LogP contribution is -2.30. The van der Waals surface area contributed by atoms with Gasteiger partial charge >= 0.3 is 0 Å². The summed E-state index contributed by atoms with van der Waals surface area (Å²) in [5.74, 6) is 1.57. The molecule has 0 saturated heterocycles. The quantitative estimate of drug-likeness (QED) is 0.0305. The first-order valence-corrected chi connectivity index (χ1v) is 50.9. The van der Waals surface area contributed by atoms with Gasteiger partial charge in [0.25, 0.3) is 10.1 Å². The second-order valence-electron chi connectivity index (χ2n) is 41.4. The van der Waals surface area contributed by atoms with E-state index in [0.717, 1.165) is 98.6 Å². The van der Waals surface area contributed by atoms with Crippen molar-refractivity contribution in [2.45, 2.75) is 247 Å². The van der Waals surface area contributed by atoms with Crippen LogP contribution in [-0.4, -0.2) is 164 Å². The molecule has 132 heavy (non-hydrogen) atoms. The molecule has 0 saturated carbocycles. The van der Waals surface area contributed by atoms with Crippen molar-refractivity contribution < 1.29 is 52.1 Å². The molecule has 6 N–H and O–H groups in total. The fourth-order valence-corrected chi connectivity index (χ4v) is 19.4. The molecule has 0 atom stereocenters. The largest absolute Gasteiger partial charge is 0.472 e. The average Bonchev–Trinajstić information content (AvgIpc) is 0.785. The molecule has 0 amide bonds. The summed E-state index contributed by atoms with van der Waals surface area (Å²) in [6.07, 6.45) is 7.08. The van der Waals surface area contributed by atoms with Crippen LogP contribution in [-0.2, 0) is 66.5 Å². The molecule has 11 rings (SSSR count). The van der Waals surface area contributed by atoms with Crippen molar-refractivity contribution in [2.24, 2.45) is 16.2 Å². The molecule has 0 unspecified atom stereocenters. The maximum absolute atomic E-state index is 12.9. The fourth-order valence-electron chi connectivity index (χ4n) is 13.8. The Hall–Kier alpha value is -9.62. The fraction of sp³-hybridized carbons (Fsp3) is 0.481. The highest BCUT2D eigenvalue weighted by Gasteiger charge is 2.28. The van der Waals surface area contributed by atoms with Gasteiger partial charge in [-0.25, -0.2) is 44.7 Å². The summed E-state index contributed by atoms with van der Waals surface area (Å²) >= 11 is 0. The molecular weight excluding hydrogens is 1740 g/mol. The Kier molecular flexibility index (Phi) is 41.1. The number of ether oxygens (including phenoxy) is 3. The van der Waals surface area contributed by atoms with E-state index in [4.69, 9.17) is 29.9 Å². The molecule has 726 valence electrons. The summed E-state index contributed by atoms with van der Waals surface area (Å²) in [5, 5.41) is 6.66. The molecule has 0 aliphatic carbocycles. The van der Waals surface area contributed by atoms with Crippen LogP contribution < -0.4 is 45.2 Å². The minimum Gasteiger partial charge on any atom is -0.472 e. The van der Waals surface area contributed by atoms with Gasteiger partial charge in [-0.3, -0.25) is 9.17 Å². The van der Waals surface area contributed by atoms with E-state index >= 15 is 0 Å². The number of rotatable bonds is 25. The highest BCUT2D eigenvalue weighted by molar-refractivity contribution is 7.91. The number of nitrogens with one attached hydrogen (secondary N) is 2. The van der Waals surface area contributed by atoms with Gasteiger partial charge in [0.05, 0.1) is 43.8 Å². The summed E-state index contributed by atoms with van der Waals surface area (Å²) in [4.78, 5) is 25.7. The van der Waals surface area contributed by atoms with Gasteiger partial charge < -0.3 is 45.3 Å². The van der Waals surface area contributed by atoms with Gasteiger partial charge in [0.2, 0.25) is 31.9 Å². The Bertz CT molecular complexity index is 5950. The number of hydrogen-bond acceptors (Lipinski definition) is 22. The number of nitrogens with zero attached hydrogens (tertiary/aromatic N) is 8. The molecule has 0 spiro atoms. The van der Waals surface area contributed by atoms with E-state index in [1.54, 1.807) is 75.4 Å². The summed E-state index contributed by atoms with van der Waals surface area (Å²) in [6, 6.07) is 54.4. The lowest BCUT2D eigenvalue weighted by molar-refractivity contribution is -0.00463. The van der Waals surface area contributed by atoms with Crippen LogP contribution in [0.4, 0.5) is 34.5 Å². The van der Waals surface area contributed by atoms with Gasteiger partial charge in [-0.1, -0.05) is 166 Å². The first kappa shape index (κ1) is 113. The predicted octanol–water partition coefficient (Wildman–Crippen LogP) is 21.8. The van der Waals surface area contributed by atoms with E-state index in [1.165, 1.54) is 16.8 Å². The van der Waals surface area contributed by atoms with Crippen molar-refractivity contribution in [1.82, 2.24) is 29.4 Å². The van der Waals surface area contributed by atoms with E-state index in [1.807, 2.05) is 268 Å². The van der Waals surface area contributed by atoms with Gasteiger partial charge in [-0.15, -0.1) is 0 Å². The summed E-state index contributed by atoms with van der Waals surface area (Å²) in [5.41, 5.74) is 20.0. The Morgan fingerprint density at radius 2 is 0.742 bits per heavy atom. The molecule has 28 heteroatoms. The maximum Gasteiger partial charge on any atom is 0.298 e. The zero-order valence-corrected chi connectivity index (χ0v) is 88.1. The van der Waals surface area contributed by atoms with Crippen molar-refractivity contribution in [3.63, 3.8) is 0 Å². The van der Waals surface area contributed by atoms with Crippen LogP contribution in [0, 0.1) is 37.0 Å². The topological polar surface area (TPSA) is 314 Å². The number of hydrogen-bond donors (Lipinski definition) is 4. The Labute approximate surface area is 792 Å². The second kappa shape index (κ2) is 48.0. The molecule has 0 bridgehead atoms. The third kappa shape index (κ3) is 39.1. The second-order valence-corrected chi connectivity index (χ2v) is 48.5. The number of aromatic nitrogens is 4. The summed E-state index contributed by atoms with van der Waals surface area (Å²) < 4.78 is 129. The minimum absolute atomic E-state index is 0.0966. The Morgan fingerprint density at radius 3 is 1.13 bits per heavy atom. The molecule has 8 aromatic carbocycles. The van der Waals surface area contributed by atoms with Crippen LogP contribution in [0.25, 0.3) is 43.1 Å². The Balaban J connectivity index is 0.000000277. The molecule has 0 aliphatic heterocycles. The summed E-state index contributed by atoms with van der Waals surface area (Å²) in [6.45, 7) is 50.2. The van der Waals surface area contributed by atoms with Crippen molar-refractivity contribution in [1.29, 1.82) is 0 Å². The smallest absolute Gasteiger partial charge is 0.298 e. The number of nitrogens with two attached hydrogens (primary N) is 2. The number of fused-ring (bicyclic) bond motifs is 4. The number of aryl methyl sites for hydroxylation is 3. The molecule has 11 aromatic rings. The number of sulfone groups is 1.